The third kappa shape index (κ3) is 5.64. The lowest BCUT2D eigenvalue weighted by molar-refractivity contribution is -0.115. The van der Waals surface area contributed by atoms with Crippen molar-refractivity contribution in [2.75, 3.05) is 17.7 Å². The van der Waals surface area contributed by atoms with Gasteiger partial charge < -0.3 is 15.4 Å². The molecule has 1 atom stereocenters. The second-order valence-corrected chi connectivity index (χ2v) is 8.19. The first kappa shape index (κ1) is 21.5. The van der Waals surface area contributed by atoms with Gasteiger partial charge >= 0.3 is 0 Å². The van der Waals surface area contributed by atoms with Gasteiger partial charge in [0, 0.05) is 27.9 Å². The fourth-order valence-electron chi connectivity index (χ4n) is 2.85. The van der Waals surface area contributed by atoms with Crippen molar-refractivity contribution in [3.63, 3.8) is 0 Å². The molecule has 0 bridgehead atoms. The maximum Gasteiger partial charge on any atom is 0.255 e. The van der Waals surface area contributed by atoms with Crippen LogP contribution in [0.3, 0.4) is 0 Å². The van der Waals surface area contributed by atoms with Crippen LogP contribution in [-0.2, 0) is 4.79 Å². The number of anilines is 2. The van der Waals surface area contributed by atoms with E-state index in [9.17, 15) is 9.59 Å². The highest BCUT2D eigenvalue weighted by Crippen LogP contribution is 2.26. The van der Waals surface area contributed by atoms with E-state index < -0.39 is 0 Å². The Labute approximate surface area is 180 Å². The maximum absolute atomic E-state index is 12.5. The fraction of sp³-hybridized carbons (Fsp3) is 0.167. The summed E-state index contributed by atoms with van der Waals surface area (Å²) in [5, 5.41) is 5.52. The molecule has 3 aromatic carbocycles. The minimum atomic E-state index is -0.288. The zero-order chi connectivity index (χ0) is 21.5. The number of nitrogens with one attached hydrogen (secondary N) is 2. The molecule has 0 heterocycles. The van der Waals surface area contributed by atoms with E-state index in [4.69, 9.17) is 4.74 Å². The fourth-order valence-corrected chi connectivity index (χ4v) is 3.71. The molecule has 0 radical (unpaired) electrons. The molecular formula is C24H24N2O3S. The van der Waals surface area contributed by atoms with Crippen LogP contribution in [0.5, 0.6) is 5.75 Å². The first-order chi connectivity index (χ1) is 14.5. The van der Waals surface area contributed by atoms with Crippen LogP contribution in [0, 0.1) is 6.92 Å². The van der Waals surface area contributed by atoms with Gasteiger partial charge in [0.1, 0.15) is 5.75 Å². The lowest BCUT2D eigenvalue weighted by Crippen LogP contribution is -2.22. The summed E-state index contributed by atoms with van der Waals surface area (Å²) in [4.78, 5) is 25.9. The van der Waals surface area contributed by atoms with E-state index in [1.54, 1.807) is 19.2 Å². The van der Waals surface area contributed by atoms with Gasteiger partial charge in [-0.15, -0.1) is 11.8 Å². The molecule has 0 aliphatic carbocycles. The number of hydrogen-bond acceptors (Lipinski definition) is 4. The van der Waals surface area contributed by atoms with Gasteiger partial charge in [-0.1, -0.05) is 24.3 Å². The van der Waals surface area contributed by atoms with Gasteiger partial charge in [-0.2, -0.15) is 0 Å². The van der Waals surface area contributed by atoms with Crippen molar-refractivity contribution in [3.8, 4) is 5.75 Å². The predicted molar refractivity (Wildman–Crippen MR) is 123 cm³/mol. The van der Waals surface area contributed by atoms with Crippen molar-refractivity contribution in [3.05, 3.63) is 83.9 Å². The van der Waals surface area contributed by atoms with Gasteiger partial charge in [0.2, 0.25) is 5.91 Å². The molecule has 3 rings (SSSR count). The zero-order valence-electron chi connectivity index (χ0n) is 17.1. The van der Waals surface area contributed by atoms with E-state index in [2.05, 4.69) is 10.6 Å². The standard InChI is InChI=1S/C24H24N2O3S/c1-16-7-4-5-10-22(16)24(28)25-18-11-13-21(14-12-18)30-17(2)23(27)26-19-8-6-9-20(15-19)29-3/h4-15,17H,1-3H3,(H,25,28)(H,26,27). The molecule has 5 nitrogen and oxygen atoms in total. The average Bonchev–Trinajstić information content (AvgIpc) is 2.75. The van der Waals surface area contributed by atoms with Crippen molar-refractivity contribution in [1.29, 1.82) is 0 Å². The summed E-state index contributed by atoms with van der Waals surface area (Å²) in [7, 11) is 1.59. The summed E-state index contributed by atoms with van der Waals surface area (Å²) in [5.74, 6) is 0.459. The predicted octanol–water partition coefficient (Wildman–Crippen LogP) is 5.38. The van der Waals surface area contributed by atoms with Crippen LogP contribution in [-0.4, -0.2) is 24.2 Å². The van der Waals surface area contributed by atoms with E-state index in [0.717, 1.165) is 10.5 Å². The Kier molecular flexibility index (Phi) is 7.14. The highest BCUT2D eigenvalue weighted by Gasteiger charge is 2.15. The summed E-state index contributed by atoms with van der Waals surface area (Å²) in [6, 6.07) is 22.2. The van der Waals surface area contributed by atoms with E-state index in [1.807, 2.05) is 74.5 Å². The number of hydrogen-bond donors (Lipinski definition) is 2. The third-order valence-electron chi connectivity index (χ3n) is 4.52. The van der Waals surface area contributed by atoms with Gasteiger partial charge in [0.25, 0.3) is 5.91 Å². The van der Waals surface area contributed by atoms with Crippen molar-refractivity contribution >= 4 is 35.0 Å². The molecular weight excluding hydrogens is 396 g/mol. The molecule has 0 aliphatic rings. The Hall–Kier alpha value is -3.25. The molecule has 2 N–H and O–H groups in total. The highest BCUT2D eigenvalue weighted by molar-refractivity contribution is 8.00. The highest BCUT2D eigenvalue weighted by atomic mass is 32.2. The Bertz CT molecular complexity index is 1030. The van der Waals surface area contributed by atoms with Crippen LogP contribution < -0.4 is 15.4 Å². The van der Waals surface area contributed by atoms with Gasteiger partial charge in [-0.05, 0) is 61.9 Å². The molecule has 0 aromatic heterocycles. The monoisotopic (exact) mass is 420 g/mol. The van der Waals surface area contributed by atoms with Gasteiger partial charge in [0.15, 0.2) is 0 Å². The Morgan fingerprint density at radius 2 is 1.63 bits per heavy atom. The average molecular weight is 421 g/mol. The van der Waals surface area contributed by atoms with Gasteiger partial charge in [-0.3, -0.25) is 9.59 Å². The lowest BCUT2D eigenvalue weighted by atomic mass is 10.1. The van der Waals surface area contributed by atoms with Crippen LogP contribution in [0.4, 0.5) is 11.4 Å². The first-order valence-corrected chi connectivity index (χ1v) is 10.4. The number of carbonyl (C=O) groups excluding carboxylic acids is 2. The summed E-state index contributed by atoms with van der Waals surface area (Å²) in [6.45, 7) is 3.76. The molecule has 2 amide bonds. The quantitative estimate of drug-likeness (QED) is 0.504. The zero-order valence-corrected chi connectivity index (χ0v) is 18.0. The minimum Gasteiger partial charge on any atom is -0.497 e. The van der Waals surface area contributed by atoms with Crippen LogP contribution in [0.25, 0.3) is 0 Å². The van der Waals surface area contributed by atoms with E-state index >= 15 is 0 Å². The van der Waals surface area contributed by atoms with Crippen molar-refractivity contribution in [2.24, 2.45) is 0 Å². The Morgan fingerprint density at radius 1 is 0.900 bits per heavy atom. The number of thioether (sulfide) groups is 1. The van der Waals surface area contributed by atoms with Gasteiger partial charge in [0.05, 0.1) is 12.4 Å². The maximum atomic E-state index is 12.5. The molecule has 0 fully saturated rings. The molecule has 0 aliphatic heterocycles. The van der Waals surface area contributed by atoms with Crippen molar-refractivity contribution in [2.45, 2.75) is 24.0 Å². The third-order valence-corrected chi connectivity index (χ3v) is 5.63. The summed E-state index contributed by atoms with van der Waals surface area (Å²) < 4.78 is 5.18. The molecule has 154 valence electrons. The first-order valence-electron chi connectivity index (χ1n) is 9.55. The number of amides is 2. The molecule has 0 saturated carbocycles. The van der Waals surface area contributed by atoms with Crippen molar-refractivity contribution in [1.82, 2.24) is 0 Å². The molecule has 1 unspecified atom stereocenters. The van der Waals surface area contributed by atoms with E-state index in [-0.39, 0.29) is 17.1 Å². The number of ether oxygens (including phenoxy) is 1. The summed E-state index contributed by atoms with van der Waals surface area (Å²) in [6.07, 6.45) is 0. The summed E-state index contributed by atoms with van der Waals surface area (Å²) in [5.41, 5.74) is 2.99. The summed E-state index contributed by atoms with van der Waals surface area (Å²) >= 11 is 1.45. The largest absolute Gasteiger partial charge is 0.497 e. The van der Waals surface area contributed by atoms with Gasteiger partial charge in [-0.25, -0.2) is 0 Å². The number of aryl methyl sites for hydroxylation is 1. The number of benzene rings is 3. The van der Waals surface area contributed by atoms with E-state index in [0.29, 0.717) is 22.7 Å². The molecule has 6 heteroatoms. The molecule has 3 aromatic rings. The topological polar surface area (TPSA) is 67.4 Å². The molecule has 30 heavy (non-hydrogen) atoms. The molecule has 0 saturated heterocycles. The second kappa shape index (κ2) is 9.98. The van der Waals surface area contributed by atoms with E-state index in [1.165, 1.54) is 11.8 Å². The number of rotatable bonds is 7. The molecule has 0 spiro atoms. The lowest BCUT2D eigenvalue weighted by Gasteiger charge is -2.13. The smallest absolute Gasteiger partial charge is 0.255 e. The van der Waals surface area contributed by atoms with Crippen LogP contribution >= 0.6 is 11.8 Å². The van der Waals surface area contributed by atoms with Crippen LogP contribution in [0.15, 0.2) is 77.7 Å². The minimum absolute atomic E-state index is 0.0924. The van der Waals surface area contributed by atoms with Crippen LogP contribution in [0.2, 0.25) is 0 Å². The second-order valence-electron chi connectivity index (χ2n) is 6.77. The number of methoxy groups -OCH3 is 1. The normalized spacial score (nSPS) is 11.4. The van der Waals surface area contributed by atoms with Crippen LogP contribution in [0.1, 0.15) is 22.8 Å². The number of carbonyl (C=O) groups is 2. The van der Waals surface area contributed by atoms with Crippen molar-refractivity contribution < 1.29 is 14.3 Å². The SMILES string of the molecule is COc1cccc(NC(=O)C(C)Sc2ccc(NC(=O)c3ccccc3C)cc2)c1. The Morgan fingerprint density at radius 3 is 2.33 bits per heavy atom. The Balaban J connectivity index is 1.57.